The van der Waals surface area contributed by atoms with E-state index >= 15 is 0 Å². The highest BCUT2D eigenvalue weighted by Crippen LogP contribution is 2.28. The van der Waals surface area contributed by atoms with Crippen LogP contribution >= 0.6 is 0 Å². The quantitative estimate of drug-likeness (QED) is 0.850. The molecule has 2 aromatic rings. The van der Waals surface area contributed by atoms with E-state index in [2.05, 4.69) is 12.2 Å². The summed E-state index contributed by atoms with van der Waals surface area (Å²) in [5, 5.41) is 2.20. The van der Waals surface area contributed by atoms with Gasteiger partial charge in [0.05, 0.1) is 13.7 Å². The maximum Gasteiger partial charge on any atom is 0.161 e. The lowest BCUT2D eigenvalue weighted by Gasteiger charge is -2.12. The lowest BCUT2D eigenvalue weighted by Crippen LogP contribution is -2.81. The first-order valence-electron chi connectivity index (χ1n) is 7.09. The topological polar surface area (TPSA) is 35.1 Å². The highest BCUT2D eigenvalue weighted by Gasteiger charge is 2.08. The summed E-state index contributed by atoms with van der Waals surface area (Å²) in [5.74, 6) is 1.04. The van der Waals surface area contributed by atoms with E-state index in [0.717, 1.165) is 13.1 Å². The molecule has 0 radical (unpaired) electrons. The number of nitrogens with two attached hydrogens (primary N) is 1. The summed E-state index contributed by atoms with van der Waals surface area (Å²) in [4.78, 5) is 0. The lowest BCUT2D eigenvalue weighted by molar-refractivity contribution is -0.667. The van der Waals surface area contributed by atoms with E-state index in [1.807, 2.05) is 18.2 Å². The normalized spacial score (nSPS) is 10.4. The number of halogens is 1. The number of hydrogen-bond acceptors (Lipinski definition) is 2. The summed E-state index contributed by atoms with van der Waals surface area (Å²) in [7, 11) is 1.61. The average molecular weight is 290 g/mol. The van der Waals surface area contributed by atoms with E-state index in [1.54, 1.807) is 25.3 Å². The van der Waals surface area contributed by atoms with Gasteiger partial charge in [0.1, 0.15) is 19.0 Å². The van der Waals surface area contributed by atoms with Crippen molar-refractivity contribution in [1.82, 2.24) is 0 Å². The summed E-state index contributed by atoms with van der Waals surface area (Å²) in [6.45, 7) is 4.24. The van der Waals surface area contributed by atoms with Gasteiger partial charge in [0.2, 0.25) is 0 Å². The molecule has 2 aromatic carbocycles. The summed E-state index contributed by atoms with van der Waals surface area (Å²) >= 11 is 0. The van der Waals surface area contributed by atoms with Crippen molar-refractivity contribution in [3.63, 3.8) is 0 Å². The third-order valence-electron chi connectivity index (χ3n) is 3.24. The van der Waals surface area contributed by atoms with Crippen molar-refractivity contribution in [1.29, 1.82) is 0 Å². The van der Waals surface area contributed by atoms with Crippen molar-refractivity contribution in [3.05, 3.63) is 59.4 Å². The van der Waals surface area contributed by atoms with Gasteiger partial charge in [-0.05, 0) is 31.2 Å². The minimum Gasteiger partial charge on any atom is -0.493 e. The number of benzene rings is 2. The molecule has 0 saturated carbocycles. The molecule has 0 unspecified atom stereocenters. The van der Waals surface area contributed by atoms with Crippen LogP contribution in [0.5, 0.6) is 11.5 Å². The molecule has 0 aliphatic carbocycles. The van der Waals surface area contributed by atoms with Crippen LogP contribution in [0.15, 0.2) is 42.5 Å². The van der Waals surface area contributed by atoms with Crippen LogP contribution in [-0.4, -0.2) is 13.7 Å². The Morgan fingerprint density at radius 2 is 1.90 bits per heavy atom. The fourth-order valence-electron chi connectivity index (χ4n) is 2.04. The van der Waals surface area contributed by atoms with E-state index in [1.165, 1.54) is 11.6 Å². The van der Waals surface area contributed by atoms with Gasteiger partial charge in [-0.3, -0.25) is 0 Å². The van der Waals surface area contributed by atoms with Crippen LogP contribution in [0.2, 0.25) is 0 Å². The highest BCUT2D eigenvalue weighted by atomic mass is 19.1. The van der Waals surface area contributed by atoms with Crippen molar-refractivity contribution in [2.75, 3.05) is 13.7 Å². The number of ether oxygens (including phenoxy) is 2. The van der Waals surface area contributed by atoms with Gasteiger partial charge in [-0.15, -0.1) is 0 Å². The van der Waals surface area contributed by atoms with Crippen molar-refractivity contribution < 1.29 is 19.2 Å². The number of rotatable bonds is 7. The summed E-state index contributed by atoms with van der Waals surface area (Å²) in [5.41, 5.74) is 1.70. The second-order valence-electron chi connectivity index (χ2n) is 4.77. The van der Waals surface area contributed by atoms with E-state index < -0.39 is 0 Å². The van der Waals surface area contributed by atoms with Gasteiger partial charge in [0.25, 0.3) is 0 Å². The molecule has 0 spiro atoms. The molecule has 2 rings (SSSR count). The second kappa shape index (κ2) is 7.64. The molecule has 4 heteroatoms. The zero-order valence-corrected chi connectivity index (χ0v) is 12.4. The largest absolute Gasteiger partial charge is 0.493 e. The molecule has 21 heavy (non-hydrogen) atoms. The summed E-state index contributed by atoms with van der Waals surface area (Å²) < 4.78 is 24.6. The molecule has 0 heterocycles. The maximum absolute atomic E-state index is 13.6. The molecule has 0 saturated heterocycles. The van der Waals surface area contributed by atoms with Crippen molar-refractivity contribution in [2.45, 2.75) is 20.1 Å². The Morgan fingerprint density at radius 3 is 2.62 bits per heavy atom. The predicted octanol–water partition coefficient (Wildman–Crippen LogP) is 2.50. The molecule has 0 aromatic heterocycles. The van der Waals surface area contributed by atoms with Gasteiger partial charge in [-0.1, -0.05) is 18.2 Å². The smallest absolute Gasteiger partial charge is 0.161 e. The predicted molar refractivity (Wildman–Crippen MR) is 79.9 cm³/mol. The van der Waals surface area contributed by atoms with Gasteiger partial charge in [0, 0.05) is 11.1 Å². The van der Waals surface area contributed by atoms with Gasteiger partial charge in [-0.2, -0.15) is 0 Å². The zero-order valence-electron chi connectivity index (χ0n) is 12.4. The fraction of sp³-hybridized carbons (Fsp3) is 0.294. The molecule has 112 valence electrons. The standard InChI is InChI=1S/C17H20FNO2/c1-3-19-11-13-8-9-16(17(10-13)20-2)21-12-14-6-4-5-7-15(14)18/h4-10,19H,3,11-12H2,1-2H3/p+1. The molecule has 0 atom stereocenters. The zero-order chi connectivity index (χ0) is 15.1. The van der Waals surface area contributed by atoms with Gasteiger partial charge >= 0.3 is 0 Å². The minimum atomic E-state index is -0.259. The Morgan fingerprint density at radius 1 is 1.10 bits per heavy atom. The summed E-state index contributed by atoms with van der Waals surface area (Å²) in [6, 6.07) is 12.4. The van der Waals surface area contributed by atoms with Crippen LogP contribution in [0.3, 0.4) is 0 Å². The SMILES string of the molecule is CC[NH2+]Cc1ccc(OCc2ccccc2F)c(OC)c1. The molecule has 2 N–H and O–H groups in total. The maximum atomic E-state index is 13.6. The third-order valence-corrected chi connectivity index (χ3v) is 3.24. The molecule has 3 nitrogen and oxygen atoms in total. The Kier molecular flexibility index (Phi) is 5.58. The Balaban J connectivity index is 2.07. The molecule has 0 aliphatic rings. The Labute approximate surface area is 124 Å². The van der Waals surface area contributed by atoms with Crippen LogP contribution in [-0.2, 0) is 13.2 Å². The Bertz CT molecular complexity index is 587. The minimum absolute atomic E-state index is 0.184. The second-order valence-corrected chi connectivity index (χ2v) is 4.77. The lowest BCUT2D eigenvalue weighted by atomic mass is 10.2. The van der Waals surface area contributed by atoms with Crippen molar-refractivity contribution in [3.8, 4) is 11.5 Å². The van der Waals surface area contributed by atoms with Gasteiger partial charge in [0.15, 0.2) is 11.5 Å². The molecule has 0 bridgehead atoms. The van der Waals surface area contributed by atoms with Crippen LogP contribution in [0.25, 0.3) is 0 Å². The number of methoxy groups -OCH3 is 1. The Hall–Kier alpha value is -2.07. The monoisotopic (exact) mass is 290 g/mol. The number of quaternary nitrogens is 1. The first-order chi connectivity index (χ1) is 10.2. The van der Waals surface area contributed by atoms with Crippen LogP contribution in [0.4, 0.5) is 4.39 Å². The van der Waals surface area contributed by atoms with E-state index in [4.69, 9.17) is 9.47 Å². The van der Waals surface area contributed by atoms with Gasteiger partial charge < -0.3 is 14.8 Å². The molecule has 0 amide bonds. The van der Waals surface area contributed by atoms with E-state index in [9.17, 15) is 4.39 Å². The van der Waals surface area contributed by atoms with E-state index in [0.29, 0.717) is 17.1 Å². The van der Waals surface area contributed by atoms with Crippen molar-refractivity contribution in [2.24, 2.45) is 0 Å². The first-order valence-corrected chi connectivity index (χ1v) is 7.09. The third kappa shape index (κ3) is 4.20. The molecular weight excluding hydrogens is 269 g/mol. The molecule has 0 aliphatic heterocycles. The van der Waals surface area contributed by atoms with Crippen molar-refractivity contribution >= 4 is 0 Å². The first kappa shape index (κ1) is 15.3. The van der Waals surface area contributed by atoms with Crippen LogP contribution in [0, 0.1) is 5.82 Å². The molecule has 0 fully saturated rings. The summed E-state index contributed by atoms with van der Waals surface area (Å²) in [6.07, 6.45) is 0. The van der Waals surface area contributed by atoms with E-state index in [-0.39, 0.29) is 12.4 Å². The van der Waals surface area contributed by atoms with Crippen LogP contribution < -0.4 is 14.8 Å². The van der Waals surface area contributed by atoms with Crippen LogP contribution in [0.1, 0.15) is 18.1 Å². The average Bonchev–Trinajstić information content (AvgIpc) is 2.52. The fourth-order valence-corrected chi connectivity index (χ4v) is 2.04. The highest BCUT2D eigenvalue weighted by molar-refractivity contribution is 5.42. The molecular formula is C17H21FNO2+. The van der Waals surface area contributed by atoms with Gasteiger partial charge in [-0.25, -0.2) is 4.39 Å². The number of hydrogen-bond donors (Lipinski definition) is 1.